The molecule has 4 rings (SSSR count). The zero-order valence-corrected chi connectivity index (χ0v) is 17.1. The van der Waals surface area contributed by atoms with Gasteiger partial charge in [0.1, 0.15) is 5.82 Å². The third-order valence-electron chi connectivity index (χ3n) is 3.51. The number of benzene rings is 2. The van der Waals surface area contributed by atoms with Crippen molar-refractivity contribution in [3.05, 3.63) is 93.3 Å². The fourth-order valence-electron chi connectivity index (χ4n) is 2.22. The number of aromatic nitrogens is 4. The predicted octanol–water partition coefficient (Wildman–Crippen LogP) is 6.73. The van der Waals surface area contributed by atoms with Crippen LogP contribution in [0.5, 0.6) is 0 Å². The van der Waals surface area contributed by atoms with Gasteiger partial charge in [0.15, 0.2) is 0 Å². The van der Waals surface area contributed by atoms with Gasteiger partial charge in [0.05, 0.1) is 17.0 Å². The summed E-state index contributed by atoms with van der Waals surface area (Å²) >= 11 is 15.5. The maximum absolute atomic E-state index is 6.20. The Morgan fingerprint density at radius 1 is 1.00 bits per heavy atom. The first-order valence-electron chi connectivity index (χ1n) is 7.99. The predicted molar refractivity (Wildman–Crippen MR) is 116 cm³/mol. The van der Waals surface area contributed by atoms with E-state index in [0.29, 0.717) is 10.0 Å². The van der Waals surface area contributed by atoms with Crippen LogP contribution in [0.2, 0.25) is 10.0 Å². The van der Waals surface area contributed by atoms with Crippen molar-refractivity contribution >= 4 is 51.3 Å². The molecule has 0 radical (unpaired) electrons. The molecule has 4 nitrogen and oxygen atoms in total. The molecule has 0 atom stereocenters. The first-order chi connectivity index (χ1) is 13.1. The number of H-pyrrole nitrogens is 2. The van der Waals surface area contributed by atoms with Crippen molar-refractivity contribution in [3.63, 3.8) is 0 Å². The van der Waals surface area contributed by atoms with Gasteiger partial charge in [-0.3, -0.25) is 0 Å². The summed E-state index contributed by atoms with van der Waals surface area (Å²) in [6, 6.07) is 13.4. The van der Waals surface area contributed by atoms with Crippen LogP contribution in [0.3, 0.4) is 0 Å². The molecule has 2 heterocycles. The van der Waals surface area contributed by atoms with Crippen LogP contribution in [-0.4, -0.2) is 19.9 Å². The van der Waals surface area contributed by atoms with Crippen molar-refractivity contribution in [2.24, 2.45) is 0 Å². The smallest absolute Gasteiger partial charge is 0.130 e. The van der Waals surface area contributed by atoms with Gasteiger partial charge in [-0.25, -0.2) is 9.97 Å². The van der Waals surface area contributed by atoms with E-state index in [-0.39, 0.29) is 0 Å². The molecule has 0 saturated carbocycles. The molecule has 2 aromatic carbocycles. The largest absolute Gasteiger partial charge is 0.351 e. The molecule has 136 valence electrons. The lowest BCUT2D eigenvalue weighted by Gasteiger charge is -2.00. The minimum Gasteiger partial charge on any atom is -0.351 e. The van der Waals surface area contributed by atoms with Crippen molar-refractivity contribution in [3.8, 4) is 11.3 Å². The van der Waals surface area contributed by atoms with Crippen LogP contribution in [0.15, 0.2) is 71.9 Å². The lowest BCUT2D eigenvalue weighted by molar-refractivity contribution is 1.27. The quantitative estimate of drug-likeness (QED) is 0.355. The highest BCUT2D eigenvalue weighted by molar-refractivity contribution is 9.10. The Hall–Kier alpha value is -2.34. The lowest BCUT2D eigenvalue weighted by Crippen LogP contribution is -1.80. The van der Waals surface area contributed by atoms with Gasteiger partial charge in [0.25, 0.3) is 0 Å². The molecule has 2 aromatic heterocycles. The molecule has 0 aliphatic rings. The molecular weight excluding hydrogens is 447 g/mol. The second-order valence-corrected chi connectivity index (χ2v) is 7.20. The number of rotatable bonds is 3. The van der Waals surface area contributed by atoms with Crippen LogP contribution >= 0.6 is 39.1 Å². The molecule has 0 aliphatic heterocycles. The maximum Gasteiger partial charge on any atom is 0.130 e. The Morgan fingerprint density at radius 2 is 1.81 bits per heavy atom. The van der Waals surface area contributed by atoms with E-state index in [1.165, 1.54) is 0 Å². The van der Waals surface area contributed by atoms with Crippen LogP contribution in [-0.2, 0) is 0 Å². The third kappa shape index (κ3) is 5.82. The topological polar surface area (TPSA) is 57.4 Å². The fourth-order valence-corrected chi connectivity index (χ4v) is 2.99. The summed E-state index contributed by atoms with van der Waals surface area (Å²) in [4.78, 5) is 14.1. The maximum atomic E-state index is 6.20. The van der Waals surface area contributed by atoms with Crippen LogP contribution in [0, 0.1) is 0 Å². The van der Waals surface area contributed by atoms with E-state index in [0.717, 1.165) is 27.1 Å². The van der Waals surface area contributed by atoms with E-state index in [2.05, 4.69) is 35.9 Å². The third-order valence-corrected chi connectivity index (χ3v) is 4.59. The first-order valence-corrected chi connectivity index (χ1v) is 9.54. The van der Waals surface area contributed by atoms with E-state index in [9.17, 15) is 0 Å². The average Bonchev–Trinajstić information content (AvgIpc) is 3.36. The Morgan fingerprint density at radius 3 is 2.44 bits per heavy atom. The molecule has 0 aliphatic carbocycles. The zero-order valence-electron chi connectivity index (χ0n) is 14.0. The van der Waals surface area contributed by atoms with Crippen LogP contribution in [0.4, 0.5) is 0 Å². The van der Waals surface area contributed by atoms with Gasteiger partial charge in [-0.15, -0.1) is 0 Å². The van der Waals surface area contributed by atoms with E-state index in [1.54, 1.807) is 30.9 Å². The fraction of sp³-hybridized carbons (Fsp3) is 0. The highest BCUT2D eigenvalue weighted by Crippen LogP contribution is 2.29. The van der Waals surface area contributed by atoms with Gasteiger partial charge in [-0.2, -0.15) is 0 Å². The summed E-state index contributed by atoms with van der Waals surface area (Å²) in [5.74, 6) is 0.768. The highest BCUT2D eigenvalue weighted by atomic mass is 79.9. The first kappa shape index (κ1) is 19.4. The number of nitrogens with one attached hydrogen (secondary N) is 2. The van der Waals surface area contributed by atoms with Crippen molar-refractivity contribution in [1.29, 1.82) is 0 Å². The lowest BCUT2D eigenvalue weighted by atomic mass is 10.2. The summed E-state index contributed by atoms with van der Waals surface area (Å²) < 4.78 is 1.06. The van der Waals surface area contributed by atoms with E-state index in [4.69, 9.17) is 23.2 Å². The number of imidazole rings is 2. The monoisotopic (exact) mass is 460 g/mol. The van der Waals surface area contributed by atoms with Crippen LogP contribution < -0.4 is 0 Å². The Labute approximate surface area is 175 Å². The van der Waals surface area contributed by atoms with Gasteiger partial charge in [-0.1, -0.05) is 57.3 Å². The molecule has 27 heavy (non-hydrogen) atoms. The van der Waals surface area contributed by atoms with Crippen molar-refractivity contribution < 1.29 is 0 Å². The van der Waals surface area contributed by atoms with Crippen molar-refractivity contribution in [2.75, 3.05) is 0 Å². The molecule has 0 unspecified atom stereocenters. The van der Waals surface area contributed by atoms with Crippen LogP contribution in [0.25, 0.3) is 23.4 Å². The summed E-state index contributed by atoms with van der Waals surface area (Å²) in [6.07, 6.45) is 10.8. The Kier molecular flexibility index (Phi) is 6.87. The molecule has 0 amide bonds. The van der Waals surface area contributed by atoms with E-state index >= 15 is 0 Å². The second kappa shape index (κ2) is 9.55. The Balaban J connectivity index is 0.000000364. The van der Waals surface area contributed by atoms with Gasteiger partial charge in [0.2, 0.25) is 0 Å². The summed E-state index contributed by atoms with van der Waals surface area (Å²) in [7, 11) is 0. The van der Waals surface area contributed by atoms with Gasteiger partial charge < -0.3 is 9.97 Å². The van der Waals surface area contributed by atoms with E-state index in [1.807, 2.05) is 48.7 Å². The molecule has 0 saturated heterocycles. The van der Waals surface area contributed by atoms with E-state index < -0.39 is 0 Å². The summed E-state index contributed by atoms with van der Waals surface area (Å²) in [5.41, 5.74) is 2.74. The van der Waals surface area contributed by atoms with Crippen molar-refractivity contribution in [1.82, 2.24) is 19.9 Å². The van der Waals surface area contributed by atoms with Crippen molar-refractivity contribution in [2.45, 2.75) is 0 Å². The number of halogens is 3. The van der Waals surface area contributed by atoms with Gasteiger partial charge in [-0.05, 0) is 42.0 Å². The normalized spacial score (nSPS) is 10.6. The molecule has 0 spiro atoms. The SMILES string of the molecule is Clc1ccc(-c2c[nH]c(C=Cc3ccc(Br)cc3)n2)c(Cl)c1.c1c[nH]cn1. The highest BCUT2D eigenvalue weighted by Gasteiger charge is 2.07. The number of hydrogen-bond acceptors (Lipinski definition) is 2. The minimum atomic E-state index is 0.586. The average molecular weight is 462 g/mol. The van der Waals surface area contributed by atoms with Gasteiger partial charge >= 0.3 is 0 Å². The minimum absolute atomic E-state index is 0.586. The second-order valence-electron chi connectivity index (χ2n) is 5.44. The molecule has 4 aromatic rings. The summed E-state index contributed by atoms with van der Waals surface area (Å²) in [5, 5.41) is 1.20. The number of hydrogen-bond donors (Lipinski definition) is 2. The van der Waals surface area contributed by atoms with Crippen LogP contribution in [0.1, 0.15) is 11.4 Å². The summed E-state index contributed by atoms with van der Waals surface area (Å²) in [6.45, 7) is 0. The molecule has 0 fully saturated rings. The number of aromatic amines is 2. The number of nitrogens with zero attached hydrogens (tertiary/aromatic N) is 2. The standard InChI is InChI=1S/C17H11BrCl2N2.C3H4N2/c18-12-4-1-11(2-5-12)3-8-17-21-10-16(22-17)14-7-6-13(19)9-15(14)20;1-2-5-3-4-1/h1-10H,(H,21,22);1-3H,(H,4,5). The molecule has 7 heteroatoms. The molecular formula is C20H15BrCl2N4. The molecule has 0 bridgehead atoms. The van der Waals surface area contributed by atoms with Gasteiger partial charge in [0, 0.05) is 33.6 Å². The molecule has 2 N–H and O–H groups in total. The Bertz CT molecular complexity index is 992. The zero-order chi connectivity index (χ0) is 19.1.